The largest absolute Gasteiger partial charge is 0.319 e. The van der Waals surface area contributed by atoms with Crippen LogP contribution in [0.1, 0.15) is 59.2 Å². The second-order valence-electron chi connectivity index (χ2n) is 6.41. The molecular formula is C17H28N2OS. The van der Waals surface area contributed by atoms with E-state index in [1.165, 1.54) is 5.56 Å². The molecule has 0 spiro atoms. The highest BCUT2D eigenvalue weighted by Crippen LogP contribution is 2.34. The molecule has 4 heteroatoms. The van der Waals surface area contributed by atoms with Gasteiger partial charge in [0, 0.05) is 6.04 Å². The van der Waals surface area contributed by atoms with Gasteiger partial charge in [0.1, 0.15) is 6.17 Å². The molecule has 3 unspecified atom stereocenters. The Morgan fingerprint density at radius 1 is 1.29 bits per heavy atom. The van der Waals surface area contributed by atoms with Gasteiger partial charge in [0.2, 0.25) is 5.91 Å². The van der Waals surface area contributed by atoms with Crippen molar-refractivity contribution < 1.29 is 4.79 Å². The van der Waals surface area contributed by atoms with E-state index in [4.69, 9.17) is 0 Å². The molecule has 1 N–H and O–H groups in total. The number of amides is 1. The van der Waals surface area contributed by atoms with E-state index in [2.05, 4.69) is 61.7 Å². The van der Waals surface area contributed by atoms with E-state index in [1.807, 2.05) is 0 Å². The first kappa shape index (κ1) is 16.5. The van der Waals surface area contributed by atoms with Gasteiger partial charge >= 0.3 is 0 Å². The summed E-state index contributed by atoms with van der Waals surface area (Å²) in [6, 6.07) is 2.34. The van der Waals surface area contributed by atoms with Gasteiger partial charge in [-0.05, 0) is 41.1 Å². The molecule has 0 aliphatic carbocycles. The second kappa shape index (κ2) is 6.93. The zero-order valence-electron chi connectivity index (χ0n) is 13.8. The Bertz CT molecular complexity index is 453. The van der Waals surface area contributed by atoms with E-state index >= 15 is 0 Å². The van der Waals surface area contributed by atoms with Crippen molar-refractivity contribution in [2.45, 2.75) is 65.7 Å². The Kier molecular flexibility index (Phi) is 5.44. The van der Waals surface area contributed by atoms with Crippen LogP contribution in [0.3, 0.4) is 0 Å². The predicted molar refractivity (Wildman–Crippen MR) is 89.2 cm³/mol. The van der Waals surface area contributed by atoms with E-state index < -0.39 is 0 Å². The Balaban J connectivity index is 2.31. The zero-order chi connectivity index (χ0) is 15.6. The van der Waals surface area contributed by atoms with Crippen molar-refractivity contribution in [1.29, 1.82) is 0 Å². The van der Waals surface area contributed by atoms with E-state index in [1.54, 1.807) is 11.3 Å². The van der Waals surface area contributed by atoms with Crippen LogP contribution in [0.4, 0.5) is 0 Å². The molecule has 0 radical (unpaired) electrons. The number of carbonyl (C=O) groups excluding carboxylic acids is 1. The van der Waals surface area contributed by atoms with Gasteiger partial charge in [0.15, 0.2) is 0 Å². The van der Waals surface area contributed by atoms with Crippen molar-refractivity contribution in [2.75, 3.05) is 0 Å². The number of nitrogens with one attached hydrogen (secondary N) is 1. The smallest absolute Gasteiger partial charge is 0.241 e. The summed E-state index contributed by atoms with van der Waals surface area (Å²) in [5.74, 6) is 1.14. The first-order valence-electron chi connectivity index (χ1n) is 8.11. The normalized spacial score (nSPS) is 24.3. The predicted octanol–water partition coefficient (Wildman–Crippen LogP) is 4.03. The summed E-state index contributed by atoms with van der Waals surface area (Å²) in [5, 5.41) is 7.80. The van der Waals surface area contributed by atoms with Crippen molar-refractivity contribution >= 4 is 17.2 Å². The van der Waals surface area contributed by atoms with Gasteiger partial charge in [-0.2, -0.15) is 11.3 Å². The molecule has 0 aromatic carbocycles. The third kappa shape index (κ3) is 3.16. The average Bonchev–Trinajstić information content (AvgIpc) is 3.06. The Morgan fingerprint density at radius 3 is 2.43 bits per heavy atom. The average molecular weight is 308 g/mol. The SMILES string of the molecule is CCC(CC)C(C)N1C(=O)C(C(C)C)NC1c1ccsc1. The van der Waals surface area contributed by atoms with E-state index in [0.717, 1.165) is 12.8 Å². The highest BCUT2D eigenvalue weighted by atomic mass is 32.1. The van der Waals surface area contributed by atoms with Crippen molar-refractivity contribution in [3.8, 4) is 0 Å². The van der Waals surface area contributed by atoms with Crippen LogP contribution in [0, 0.1) is 11.8 Å². The van der Waals surface area contributed by atoms with Crippen LogP contribution in [0.15, 0.2) is 16.8 Å². The second-order valence-corrected chi connectivity index (χ2v) is 7.19. The Hall–Kier alpha value is -0.870. The van der Waals surface area contributed by atoms with Crippen molar-refractivity contribution in [3.05, 3.63) is 22.4 Å². The van der Waals surface area contributed by atoms with Crippen molar-refractivity contribution in [1.82, 2.24) is 10.2 Å². The van der Waals surface area contributed by atoms with Gasteiger partial charge < -0.3 is 4.90 Å². The van der Waals surface area contributed by atoms with Gasteiger partial charge in [-0.3, -0.25) is 10.1 Å². The Labute approximate surface area is 132 Å². The molecule has 1 aromatic heterocycles. The lowest BCUT2D eigenvalue weighted by Gasteiger charge is -2.35. The van der Waals surface area contributed by atoms with Crippen LogP contribution in [-0.4, -0.2) is 22.9 Å². The fourth-order valence-electron chi connectivity index (χ4n) is 3.41. The summed E-state index contributed by atoms with van der Waals surface area (Å²) in [4.78, 5) is 15.0. The monoisotopic (exact) mass is 308 g/mol. The first-order chi connectivity index (χ1) is 10.0. The fraction of sp³-hybridized carbons (Fsp3) is 0.706. The molecule has 1 aromatic rings. The fourth-order valence-corrected chi connectivity index (χ4v) is 4.09. The minimum Gasteiger partial charge on any atom is -0.319 e. The van der Waals surface area contributed by atoms with Crippen LogP contribution in [0.2, 0.25) is 0 Å². The van der Waals surface area contributed by atoms with Crippen LogP contribution >= 0.6 is 11.3 Å². The number of nitrogens with zero attached hydrogens (tertiary/aromatic N) is 1. The molecule has 2 heterocycles. The molecule has 1 fully saturated rings. The van der Waals surface area contributed by atoms with Crippen LogP contribution < -0.4 is 5.32 Å². The standard InChI is InChI=1S/C17H28N2OS/c1-6-13(7-2)12(5)19-16(14-8-9-21-10-14)18-15(11(3)4)17(19)20/h8-13,15-16,18H,6-7H2,1-5H3. The van der Waals surface area contributed by atoms with Gasteiger partial charge in [-0.15, -0.1) is 0 Å². The van der Waals surface area contributed by atoms with Crippen LogP contribution in [0.5, 0.6) is 0 Å². The van der Waals surface area contributed by atoms with Crippen molar-refractivity contribution in [2.24, 2.45) is 11.8 Å². The highest BCUT2D eigenvalue weighted by molar-refractivity contribution is 7.07. The van der Waals surface area contributed by atoms with Gasteiger partial charge in [0.05, 0.1) is 6.04 Å². The number of hydrogen-bond acceptors (Lipinski definition) is 3. The summed E-state index contributed by atoms with van der Waals surface area (Å²) >= 11 is 1.69. The molecule has 21 heavy (non-hydrogen) atoms. The molecule has 3 atom stereocenters. The molecule has 1 aliphatic rings. The quantitative estimate of drug-likeness (QED) is 0.860. The Morgan fingerprint density at radius 2 is 1.95 bits per heavy atom. The summed E-state index contributed by atoms with van der Waals surface area (Å²) in [6.45, 7) is 10.9. The topological polar surface area (TPSA) is 32.3 Å². The zero-order valence-corrected chi connectivity index (χ0v) is 14.6. The lowest BCUT2D eigenvalue weighted by Crippen LogP contribution is -2.43. The highest BCUT2D eigenvalue weighted by Gasteiger charge is 2.44. The number of carbonyl (C=O) groups is 1. The maximum atomic E-state index is 12.9. The molecule has 0 bridgehead atoms. The lowest BCUT2D eigenvalue weighted by atomic mass is 9.93. The minimum absolute atomic E-state index is 0.0340. The maximum Gasteiger partial charge on any atom is 0.241 e. The van der Waals surface area contributed by atoms with Crippen LogP contribution in [-0.2, 0) is 4.79 Å². The number of thiophene rings is 1. The van der Waals surface area contributed by atoms with Gasteiger partial charge in [-0.1, -0.05) is 40.5 Å². The molecule has 3 nitrogen and oxygen atoms in total. The van der Waals surface area contributed by atoms with Gasteiger partial charge in [0.25, 0.3) is 0 Å². The molecule has 118 valence electrons. The molecule has 2 rings (SSSR count). The molecular weight excluding hydrogens is 280 g/mol. The van der Waals surface area contributed by atoms with Crippen molar-refractivity contribution in [3.63, 3.8) is 0 Å². The molecule has 1 saturated heterocycles. The van der Waals surface area contributed by atoms with E-state index in [9.17, 15) is 4.79 Å². The summed E-state index contributed by atoms with van der Waals surface area (Å²) in [7, 11) is 0. The molecule has 0 saturated carbocycles. The summed E-state index contributed by atoms with van der Waals surface area (Å²) < 4.78 is 0. The van der Waals surface area contributed by atoms with E-state index in [0.29, 0.717) is 11.8 Å². The maximum absolute atomic E-state index is 12.9. The first-order valence-corrected chi connectivity index (χ1v) is 9.05. The third-order valence-corrected chi connectivity index (χ3v) is 5.53. The molecule has 1 aliphatic heterocycles. The number of rotatable bonds is 6. The summed E-state index contributed by atoms with van der Waals surface area (Å²) in [6.07, 6.45) is 2.26. The van der Waals surface area contributed by atoms with Gasteiger partial charge in [-0.25, -0.2) is 0 Å². The third-order valence-electron chi connectivity index (χ3n) is 4.83. The van der Waals surface area contributed by atoms with E-state index in [-0.39, 0.29) is 24.2 Å². The molecule has 1 amide bonds. The lowest BCUT2D eigenvalue weighted by molar-refractivity contribution is -0.133. The summed E-state index contributed by atoms with van der Waals surface area (Å²) in [5.41, 5.74) is 1.22. The minimum atomic E-state index is -0.0632. The van der Waals surface area contributed by atoms with Crippen LogP contribution in [0.25, 0.3) is 0 Å². The number of hydrogen-bond donors (Lipinski definition) is 1.